The molecule has 346 valence electrons. The fourth-order valence-electron chi connectivity index (χ4n) is 8.49. The van der Waals surface area contributed by atoms with Gasteiger partial charge in [-0.1, -0.05) is 176 Å². The molecule has 0 unspecified atom stereocenters. The SMILES string of the molecule is Cc1cccc2c([C@@H]3O[C@H](COCc4ccccc4)[C@@H](OCc4ccccc4)[C@H](OCc4ccccc4)[C@H]3OCc3ccccc3)cn(Cc3ccc(/C=C/CC(=O)OC[C@@H](O)CO)cc3)c12. The summed E-state index contributed by atoms with van der Waals surface area (Å²) in [5.41, 5.74) is 9.41. The Kier molecular flexibility index (Phi) is 16.9. The number of carbonyl (C=O) groups excluding carboxylic acids is 1. The van der Waals surface area contributed by atoms with Crippen LogP contribution in [0.15, 0.2) is 176 Å². The molecule has 0 amide bonds. The lowest BCUT2D eigenvalue weighted by Crippen LogP contribution is -2.58. The number of nitrogens with zero attached hydrogens (tertiary/aromatic N) is 1. The number of para-hydroxylation sites is 1. The summed E-state index contributed by atoms with van der Waals surface area (Å²) in [6.07, 6.45) is 1.91. The molecule has 6 aromatic carbocycles. The fraction of sp³-hybridized carbons (Fsp3) is 0.281. The first-order chi connectivity index (χ1) is 32.9. The predicted molar refractivity (Wildman–Crippen MR) is 259 cm³/mol. The molecule has 8 rings (SSSR count). The molecule has 10 heteroatoms. The third kappa shape index (κ3) is 13.0. The van der Waals surface area contributed by atoms with E-state index in [9.17, 15) is 9.90 Å². The number of aromatic nitrogens is 1. The summed E-state index contributed by atoms with van der Waals surface area (Å²) in [5, 5.41) is 19.5. The van der Waals surface area contributed by atoms with E-state index in [1.54, 1.807) is 6.08 Å². The van der Waals surface area contributed by atoms with Crippen molar-refractivity contribution in [3.8, 4) is 0 Å². The van der Waals surface area contributed by atoms with Gasteiger partial charge in [0.15, 0.2) is 0 Å². The van der Waals surface area contributed by atoms with Crippen LogP contribution in [0.5, 0.6) is 0 Å². The summed E-state index contributed by atoms with van der Waals surface area (Å²) < 4.78 is 42.3. The summed E-state index contributed by atoms with van der Waals surface area (Å²) in [6, 6.07) is 55.3. The molecule has 6 atom stereocenters. The first-order valence-corrected chi connectivity index (χ1v) is 22.9. The van der Waals surface area contributed by atoms with E-state index in [-0.39, 0.29) is 19.6 Å². The number of carbonyl (C=O) groups is 1. The molecule has 0 aliphatic carbocycles. The number of aliphatic hydroxyl groups is 2. The lowest BCUT2D eigenvalue weighted by molar-refractivity contribution is -0.274. The topological polar surface area (TPSA) is 118 Å². The molecule has 0 saturated carbocycles. The number of benzene rings is 6. The number of fused-ring (bicyclic) bond motifs is 1. The summed E-state index contributed by atoms with van der Waals surface area (Å²) >= 11 is 0. The van der Waals surface area contributed by atoms with Crippen LogP contribution in [0, 0.1) is 6.92 Å². The highest BCUT2D eigenvalue weighted by atomic mass is 16.6. The first kappa shape index (κ1) is 47.3. The van der Waals surface area contributed by atoms with Gasteiger partial charge in [0.1, 0.15) is 43.2 Å². The van der Waals surface area contributed by atoms with Gasteiger partial charge < -0.3 is 43.2 Å². The summed E-state index contributed by atoms with van der Waals surface area (Å²) in [7, 11) is 0. The highest BCUT2D eigenvalue weighted by molar-refractivity contribution is 5.87. The summed E-state index contributed by atoms with van der Waals surface area (Å²) in [4.78, 5) is 12.1. The molecule has 1 aliphatic heterocycles. The number of aliphatic hydroxyl groups excluding tert-OH is 2. The fourth-order valence-corrected chi connectivity index (χ4v) is 8.49. The molecule has 1 aromatic heterocycles. The van der Waals surface area contributed by atoms with E-state index in [0.717, 1.165) is 55.4 Å². The van der Waals surface area contributed by atoms with Crippen LogP contribution in [0.2, 0.25) is 0 Å². The maximum Gasteiger partial charge on any atom is 0.309 e. The Morgan fingerprint density at radius 1 is 0.657 bits per heavy atom. The third-order valence-corrected chi connectivity index (χ3v) is 11.9. The quantitative estimate of drug-likeness (QED) is 0.0642. The summed E-state index contributed by atoms with van der Waals surface area (Å²) in [5.74, 6) is -0.476. The van der Waals surface area contributed by atoms with Crippen LogP contribution in [0.1, 0.15) is 57.0 Å². The normalized spacial score (nSPS) is 18.9. The summed E-state index contributed by atoms with van der Waals surface area (Å²) in [6.45, 7) is 3.72. The van der Waals surface area contributed by atoms with E-state index in [2.05, 4.69) is 96.6 Å². The molecule has 1 fully saturated rings. The van der Waals surface area contributed by atoms with Crippen molar-refractivity contribution in [1.82, 2.24) is 4.57 Å². The minimum absolute atomic E-state index is 0.0503. The number of hydrogen-bond donors (Lipinski definition) is 2. The molecular formula is C57H59NO9. The van der Waals surface area contributed by atoms with Crippen LogP contribution in [0.4, 0.5) is 0 Å². The second-order valence-electron chi connectivity index (χ2n) is 16.9. The van der Waals surface area contributed by atoms with Crippen LogP contribution in [-0.2, 0) is 66.2 Å². The number of hydrogen-bond acceptors (Lipinski definition) is 9. The van der Waals surface area contributed by atoms with Crippen LogP contribution >= 0.6 is 0 Å². The smallest absolute Gasteiger partial charge is 0.309 e. The van der Waals surface area contributed by atoms with Crippen LogP contribution < -0.4 is 0 Å². The van der Waals surface area contributed by atoms with E-state index in [1.807, 2.05) is 91.0 Å². The van der Waals surface area contributed by atoms with E-state index in [1.165, 1.54) is 0 Å². The predicted octanol–water partition coefficient (Wildman–Crippen LogP) is 9.71. The number of rotatable bonds is 22. The Morgan fingerprint density at radius 2 is 1.21 bits per heavy atom. The number of esters is 1. The van der Waals surface area contributed by atoms with Gasteiger partial charge in [0.25, 0.3) is 0 Å². The minimum atomic E-state index is -1.09. The standard InChI is InChI=1S/C57H59NO9/c1-41-16-14-26-49-50(33-58(53(41)49)32-43-30-28-42(29-31-43)25-15-27-52(61)63-39-48(60)34-59)54-56(65-37-46-21-10-4-11-22-46)57(66-38-47-23-12-5-13-24-47)55(64-36-45-19-8-3-9-20-45)51(67-54)40-62-35-44-17-6-2-7-18-44/h2-26,28-31,33,48,51,54-57,59-60H,27,32,34-40H2,1H3/b25-15+/t48-,51+,54-,55+,56-,57-/m0/s1. The van der Waals surface area contributed by atoms with Gasteiger partial charge in [-0.15, -0.1) is 0 Å². The maximum absolute atomic E-state index is 12.1. The first-order valence-electron chi connectivity index (χ1n) is 22.9. The molecule has 0 bridgehead atoms. The average molecular weight is 902 g/mol. The van der Waals surface area contributed by atoms with E-state index in [0.29, 0.717) is 33.0 Å². The Labute approximate surface area is 392 Å². The molecule has 7 aromatic rings. The molecule has 2 N–H and O–H groups in total. The lowest BCUT2D eigenvalue weighted by Gasteiger charge is -2.46. The minimum Gasteiger partial charge on any atom is -0.463 e. The largest absolute Gasteiger partial charge is 0.463 e. The van der Waals surface area contributed by atoms with Crippen molar-refractivity contribution in [1.29, 1.82) is 0 Å². The van der Waals surface area contributed by atoms with Crippen molar-refractivity contribution in [2.24, 2.45) is 0 Å². The van der Waals surface area contributed by atoms with Crippen molar-refractivity contribution in [3.63, 3.8) is 0 Å². The van der Waals surface area contributed by atoms with Crippen molar-refractivity contribution < 1.29 is 43.4 Å². The molecule has 0 spiro atoms. The van der Waals surface area contributed by atoms with Gasteiger partial charge in [-0.25, -0.2) is 0 Å². The van der Waals surface area contributed by atoms with E-state index >= 15 is 0 Å². The average Bonchev–Trinajstić information content (AvgIpc) is 3.74. The van der Waals surface area contributed by atoms with Gasteiger partial charge in [0.2, 0.25) is 0 Å². The van der Waals surface area contributed by atoms with Crippen molar-refractivity contribution in [2.45, 2.75) is 82.9 Å². The van der Waals surface area contributed by atoms with Gasteiger partial charge in [0, 0.05) is 23.7 Å². The molecule has 1 aliphatic rings. The Morgan fingerprint density at radius 3 is 1.79 bits per heavy atom. The molecule has 1 saturated heterocycles. The number of aryl methyl sites for hydroxylation is 1. The van der Waals surface area contributed by atoms with Gasteiger partial charge >= 0.3 is 5.97 Å². The molecule has 67 heavy (non-hydrogen) atoms. The monoisotopic (exact) mass is 901 g/mol. The van der Waals surface area contributed by atoms with Crippen LogP contribution in [0.25, 0.3) is 17.0 Å². The van der Waals surface area contributed by atoms with Gasteiger partial charge in [0.05, 0.1) is 51.6 Å². The zero-order valence-electron chi connectivity index (χ0n) is 37.8. The second-order valence-corrected chi connectivity index (χ2v) is 16.9. The van der Waals surface area contributed by atoms with E-state index in [4.69, 9.17) is 33.5 Å². The zero-order valence-corrected chi connectivity index (χ0v) is 37.8. The Hall–Kier alpha value is -6.21. The van der Waals surface area contributed by atoms with Crippen molar-refractivity contribution in [2.75, 3.05) is 19.8 Å². The van der Waals surface area contributed by atoms with Gasteiger partial charge in [-0.05, 0) is 45.9 Å². The van der Waals surface area contributed by atoms with Crippen molar-refractivity contribution >= 4 is 22.9 Å². The molecule has 2 heterocycles. The highest BCUT2D eigenvalue weighted by Gasteiger charge is 2.49. The van der Waals surface area contributed by atoms with Gasteiger partial charge in [-0.3, -0.25) is 4.79 Å². The van der Waals surface area contributed by atoms with Crippen LogP contribution in [-0.4, -0.2) is 71.1 Å². The second kappa shape index (κ2) is 24.0. The van der Waals surface area contributed by atoms with Gasteiger partial charge in [-0.2, -0.15) is 0 Å². The van der Waals surface area contributed by atoms with Crippen molar-refractivity contribution in [3.05, 3.63) is 221 Å². The molecule has 10 nitrogen and oxygen atoms in total. The maximum atomic E-state index is 12.1. The lowest BCUT2D eigenvalue weighted by atomic mass is 9.90. The van der Waals surface area contributed by atoms with Crippen LogP contribution in [0.3, 0.4) is 0 Å². The van der Waals surface area contributed by atoms with E-state index < -0.39 is 49.2 Å². The number of ether oxygens (including phenoxy) is 6. The third-order valence-electron chi connectivity index (χ3n) is 11.9. The highest BCUT2D eigenvalue weighted by Crippen LogP contribution is 2.42. The Bertz CT molecular complexity index is 2600. The molecular weight excluding hydrogens is 843 g/mol. The zero-order chi connectivity index (χ0) is 46.2. The molecule has 0 radical (unpaired) electrons. The Balaban J connectivity index is 1.14.